The summed E-state index contributed by atoms with van der Waals surface area (Å²) in [5.41, 5.74) is 2.64. The Labute approximate surface area is 180 Å². The minimum atomic E-state index is 0.0620. The number of hydrogen-bond acceptors (Lipinski definition) is 3. The van der Waals surface area contributed by atoms with E-state index in [1.807, 2.05) is 12.1 Å². The van der Waals surface area contributed by atoms with Crippen LogP contribution in [0.2, 0.25) is 5.02 Å². The van der Waals surface area contributed by atoms with Crippen LogP contribution < -0.4 is 10.1 Å². The van der Waals surface area contributed by atoms with E-state index < -0.39 is 0 Å². The summed E-state index contributed by atoms with van der Waals surface area (Å²) < 4.78 is 11.9. The van der Waals surface area contributed by atoms with Gasteiger partial charge >= 0.3 is 0 Å². The minimum Gasteiger partial charge on any atom is -0.496 e. The second-order valence-corrected chi connectivity index (χ2v) is 9.00. The van der Waals surface area contributed by atoms with E-state index >= 15 is 0 Å². The summed E-state index contributed by atoms with van der Waals surface area (Å²) in [7, 11) is 1.77. The molecule has 0 unspecified atom stereocenters. The highest BCUT2D eigenvalue weighted by Gasteiger charge is 2.40. The Bertz CT molecular complexity index is 777. The fourth-order valence-corrected chi connectivity index (χ4v) is 4.59. The first-order chi connectivity index (χ1) is 13.9. The summed E-state index contributed by atoms with van der Waals surface area (Å²) in [6.45, 7) is 8.45. The van der Waals surface area contributed by atoms with Crippen molar-refractivity contribution in [3.63, 3.8) is 0 Å². The zero-order valence-corrected chi connectivity index (χ0v) is 18.8. The van der Waals surface area contributed by atoms with Crippen LogP contribution in [0.1, 0.15) is 57.2 Å². The molecule has 2 aromatic rings. The van der Waals surface area contributed by atoms with E-state index in [2.05, 4.69) is 62.5 Å². The number of ether oxygens (including phenoxy) is 2. The maximum Gasteiger partial charge on any atom is 0.122 e. The standard InChI is InChI=1S/C25H34ClNO2/c1-18(2)24-17-25(14-16-29-24,22-7-5-6-8-23(22)28-4)13-15-27-19(3)20-9-11-21(26)12-10-20/h5-12,18-19,24,27H,13-17H2,1-4H3/t19-,24-,25+/m0/s1. The highest BCUT2D eigenvalue weighted by molar-refractivity contribution is 6.30. The molecule has 0 amide bonds. The van der Waals surface area contributed by atoms with Gasteiger partial charge in [-0.25, -0.2) is 0 Å². The molecule has 3 atom stereocenters. The van der Waals surface area contributed by atoms with Gasteiger partial charge in [-0.2, -0.15) is 0 Å². The van der Waals surface area contributed by atoms with Gasteiger partial charge in [0, 0.05) is 28.6 Å². The van der Waals surface area contributed by atoms with Gasteiger partial charge in [0.2, 0.25) is 0 Å². The molecule has 3 rings (SSSR count). The fraction of sp³-hybridized carbons (Fsp3) is 0.520. The first-order valence-electron chi connectivity index (χ1n) is 10.7. The number of hydrogen-bond donors (Lipinski definition) is 1. The fourth-order valence-electron chi connectivity index (χ4n) is 4.47. The molecule has 0 spiro atoms. The molecule has 4 heteroatoms. The van der Waals surface area contributed by atoms with Crippen molar-refractivity contribution in [2.75, 3.05) is 20.3 Å². The van der Waals surface area contributed by atoms with Crippen LogP contribution in [0, 0.1) is 5.92 Å². The second kappa shape index (κ2) is 9.97. The predicted molar refractivity (Wildman–Crippen MR) is 121 cm³/mol. The summed E-state index contributed by atoms with van der Waals surface area (Å²) in [4.78, 5) is 0. The Morgan fingerprint density at radius 1 is 1.14 bits per heavy atom. The van der Waals surface area contributed by atoms with Crippen LogP contribution >= 0.6 is 11.6 Å². The van der Waals surface area contributed by atoms with Gasteiger partial charge in [-0.15, -0.1) is 0 Å². The lowest BCUT2D eigenvalue weighted by Gasteiger charge is -2.43. The monoisotopic (exact) mass is 415 g/mol. The summed E-state index contributed by atoms with van der Waals surface area (Å²) in [6.07, 6.45) is 3.38. The quantitative estimate of drug-likeness (QED) is 0.559. The van der Waals surface area contributed by atoms with Crippen LogP contribution in [-0.2, 0) is 10.2 Å². The maximum absolute atomic E-state index is 6.12. The molecule has 0 aliphatic carbocycles. The lowest BCUT2D eigenvalue weighted by atomic mass is 9.68. The average molecular weight is 416 g/mol. The second-order valence-electron chi connectivity index (χ2n) is 8.57. The summed E-state index contributed by atoms with van der Waals surface area (Å²) in [5, 5.41) is 4.49. The van der Waals surface area contributed by atoms with Crippen LogP contribution in [-0.4, -0.2) is 26.4 Å². The van der Waals surface area contributed by atoms with E-state index in [0.29, 0.717) is 5.92 Å². The van der Waals surface area contributed by atoms with Crippen LogP contribution in [0.15, 0.2) is 48.5 Å². The Kier molecular flexibility index (Phi) is 7.61. The van der Waals surface area contributed by atoms with Gasteiger partial charge in [-0.3, -0.25) is 0 Å². The average Bonchev–Trinajstić information content (AvgIpc) is 2.74. The molecule has 0 radical (unpaired) electrons. The van der Waals surface area contributed by atoms with Crippen molar-refractivity contribution in [3.8, 4) is 5.75 Å². The Morgan fingerprint density at radius 3 is 2.55 bits per heavy atom. The molecule has 0 aromatic heterocycles. The van der Waals surface area contributed by atoms with Gasteiger partial charge in [0.25, 0.3) is 0 Å². The largest absolute Gasteiger partial charge is 0.496 e. The van der Waals surface area contributed by atoms with E-state index in [1.54, 1.807) is 7.11 Å². The predicted octanol–water partition coefficient (Wildman–Crippen LogP) is 6.16. The Hall–Kier alpha value is -1.55. The molecule has 2 aromatic carbocycles. The Balaban J connectivity index is 1.77. The number of nitrogens with one attached hydrogen (secondary N) is 1. The zero-order valence-electron chi connectivity index (χ0n) is 18.1. The molecule has 1 saturated heterocycles. The normalized spacial score (nSPS) is 23.2. The molecule has 1 fully saturated rings. The molecular weight excluding hydrogens is 382 g/mol. The van der Waals surface area contributed by atoms with E-state index in [4.69, 9.17) is 21.1 Å². The third-order valence-corrected chi connectivity index (χ3v) is 6.60. The van der Waals surface area contributed by atoms with Gasteiger partial charge in [0.05, 0.1) is 13.2 Å². The highest BCUT2D eigenvalue weighted by Crippen LogP contribution is 2.45. The number of rotatable bonds is 8. The smallest absolute Gasteiger partial charge is 0.122 e. The zero-order chi connectivity index (χ0) is 20.9. The van der Waals surface area contributed by atoms with Crippen LogP contribution in [0.5, 0.6) is 5.75 Å². The van der Waals surface area contributed by atoms with Crippen molar-refractivity contribution in [3.05, 3.63) is 64.7 Å². The number of methoxy groups -OCH3 is 1. The Morgan fingerprint density at radius 2 is 1.86 bits per heavy atom. The van der Waals surface area contributed by atoms with Crippen molar-refractivity contribution in [1.82, 2.24) is 5.32 Å². The van der Waals surface area contributed by atoms with E-state index in [-0.39, 0.29) is 17.6 Å². The minimum absolute atomic E-state index is 0.0620. The SMILES string of the molecule is COc1ccccc1[C@]1(CCN[C@@H](C)c2ccc(Cl)cc2)CCO[C@H](C(C)C)C1. The molecule has 158 valence electrons. The summed E-state index contributed by atoms with van der Waals surface area (Å²) in [5.74, 6) is 1.49. The number of benzene rings is 2. The summed E-state index contributed by atoms with van der Waals surface area (Å²) in [6, 6.07) is 16.9. The van der Waals surface area contributed by atoms with Crippen LogP contribution in [0.25, 0.3) is 0 Å². The van der Waals surface area contributed by atoms with Gasteiger partial charge in [0.1, 0.15) is 5.75 Å². The lowest BCUT2D eigenvalue weighted by molar-refractivity contribution is -0.0474. The van der Waals surface area contributed by atoms with Gasteiger partial charge in [0.15, 0.2) is 0 Å². The molecular formula is C25H34ClNO2. The molecule has 1 N–H and O–H groups in total. The van der Waals surface area contributed by atoms with E-state index in [9.17, 15) is 0 Å². The first-order valence-corrected chi connectivity index (χ1v) is 11.1. The van der Waals surface area contributed by atoms with Gasteiger partial charge < -0.3 is 14.8 Å². The number of halogens is 1. The van der Waals surface area contributed by atoms with Crippen molar-refractivity contribution in [2.24, 2.45) is 5.92 Å². The van der Waals surface area contributed by atoms with E-state index in [0.717, 1.165) is 43.2 Å². The molecule has 1 heterocycles. The van der Waals surface area contributed by atoms with Crippen LogP contribution in [0.3, 0.4) is 0 Å². The van der Waals surface area contributed by atoms with Crippen molar-refractivity contribution >= 4 is 11.6 Å². The third-order valence-electron chi connectivity index (χ3n) is 6.35. The van der Waals surface area contributed by atoms with Crippen molar-refractivity contribution < 1.29 is 9.47 Å². The van der Waals surface area contributed by atoms with E-state index in [1.165, 1.54) is 11.1 Å². The van der Waals surface area contributed by atoms with Crippen LogP contribution in [0.4, 0.5) is 0 Å². The molecule has 1 aliphatic heterocycles. The first kappa shape index (κ1) is 22.1. The lowest BCUT2D eigenvalue weighted by Crippen LogP contribution is -2.43. The molecule has 29 heavy (non-hydrogen) atoms. The van der Waals surface area contributed by atoms with Crippen molar-refractivity contribution in [2.45, 2.75) is 57.6 Å². The highest BCUT2D eigenvalue weighted by atomic mass is 35.5. The molecule has 0 bridgehead atoms. The molecule has 1 aliphatic rings. The molecule has 3 nitrogen and oxygen atoms in total. The maximum atomic E-state index is 6.12. The topological polar surface area (TPSA) is 30.5 Å². The number of para-hydroxylation sites is 1. The third kappa shape index (κ3) is 5.33. The summed E-state index contributed by atoms with van der Waals surface area (Å²) >= 11 is 6.03. The van der Waals surface area contributed by atoms with Crippen molar-refractivity contribution in [1.29, 1.82) is 0 Å². The molecule has 0 saturated carbocycles. The van der Waals surface area contributed by atoms with Gasteiger partial charge in [-0.05, 0) is 62.4 Å². The van der Waals surface area contributed by atoms with Gasteiger partial charge in [-0.1, -0.05) is 55.8 Å².